The molecule has 0 radical (unpaired) electrons. The molecule has 5 heteroatoms. The van der Waals surface area contributed by atoms with E-state index >= 15 is 0 Å². The molecule has 1 amide bonds. The number of amides is 1. The van der Waals surface area contributed by atoms with Gasteiger partial charge in [-0.3, -0.25) is 4.79 Å². The Kier molecular flexibility index (Phi) is 2.26. The molecular formula is C8H10N2O2S. The predicted octanol–water partition coefficient (Wildman–Crippen LogP) is 1.13. The van der Waals surface area contributed by atoms with Crippen LogP contribution in [0.3, 0.4) is 0 Å². The lowest BCUT2D eigenvalue weighted by Gasteiger charge is -2.11. The van der Waals surface area contributed by atoms with Crippen molar-refractivity contribution >= 4 is 17.7 Å². The van der Waals surface area contributed by atoms with E-state index in [2.05, 4.69) is 5.16 Å². The topological polar surface area (TPSA) is 46.3 Å². The molecule has 13 heavy (non-hydrogen) atoms. The second-order valence-electron chi connectivity index (χ2n) is 2.93. The van der Waals surface area contributed by atoms with Gasteiger partial charge in [0.15, 0.2) is 5.69 Å². The fourth-order valence-corrected chi connectivity index (χ4v) is 2.15. The highest BCUT2D eigenvalue weighted by Gasteiger charge is 2.22. The van der Waals surface area contributed by atoms with E-state index in [1.807, 2.05) is 0 Å². The number of hydrogen-bond donors (Lipinski definition) is 0. The third-order valence-electron chi connectivity index (χ3n) is 1.89. The number of carbonyl (C=O) groups excluding carboxylic acids is 1. The molecule has 1 aliphatic heterocycles. The second kappa shape index (κ2) is 3.41. The van der Waals surface area contributed by atoms with Crippen molar-refractivity contribution in [3.63, 3.8) is 0 Å². The molecular weight excluding hydrogens is 188 g/mol. The lowest BCUT2D eigenvalue weighted by Crippen LogP contribution is -2.27. The van der Waals surface area contributed by atoms with Gasteiger partial charge in [-0.15, -0.1) is 11.8 Å². The summed E-state index contributed by atoms with van der Waals surface area (Å²) in [5.74, 6) is 2.44. The van der Waals surface area contributed by atoms with Gasteiger partial charge >= 0.3 is 0 Å². The van der Waals surface area contributed by atoms with E-state index in [4.69, 9.17) is 4.52 Å². The van der Waals surface area contributed by atoms with Gasteiger partial charge in [0.1, 0.15) is 5.76 Å². The minimum absolute atomic E-state index is 0.0261. The monoisotopic (exact) mass is 198 g/mol. The highest BCUT2D eigenvalue weighted by Crippen LogP contribution is 2.16. The molecule has 1 fully saturated rings. The minimum Gasteiger partial charge on any atom is -0.361 e. The molecule has 1 aromatic heterocycles. The van der Waals surface area contributed by atoms with Crippen LogP contribution in [0.1, 0.15) is 16.2 Å². The van der Waals surface area contributed by atoms with E-state index in [0.717, 1.165) is 18.2 Å². The molecule has 0 unspecified atom stereocenters. The number of hydrogen-bond acceptors (Lipinski definition) is 4. The summed E-state index contributed by atoms with van der Waals surface area (Å²) in [4.78, 5) is 13.4. The predicted molar refractivity (Wildman–Crippen MR) is 49.6 cm³/mol. The Balaban J connectivity index is 2.12. The SMILES string of the molecule is Cc1cc(C(=O)N2CCSC2)no1. The van der Waals surface area contributed by atoms with Gasteiger partial charge in [0, 0.05) is 18.4 Å². The van der Waals surface area contributed by atoms with Crippen LogP contribution < -0.4 is 0 Å². The van der Waals surface area contributed by atoms with Gasteiger partial charge in [-0.05, 0) is 6.92 Å². The molecule has 0 spiro atoms. The molecule has 2 heterocycles. The Labute approximate surface area is 80.3 Å². The quantitative estimate of drug-likeness (QED) is 0.678. The maximum absolute atomic E-state index is 11.7. The van der Waals surface area contributed by atoms with Crippen LogP contribution in [0.2, 0.25) is 0 Å². The molecule has 0 saturated carbocycles. The van der Waals surface area contributed by atoms with Crippen molar-refractivity contribution in [3.8, 4) is 0 Å². The van der Waals surface area contributed by atoms with Crippen LogP contribution in [0, 0.1) is 6.92 Å². The van der Waals surface area contributed by atoms with Crippen LogP contribution in [0.5, 0.6) is 0 Å². The van der Waals surface area contributed by atoms with Crippen molar-refractivity contribution in [2.75, 3.05) is 18.2 Å². The summed E-state index contributed by atoms with van der Waals surface area (Å²) >= 11 is 1.76. The van der Waals surface area contributed by atoms with Gasteiger partial charge in [0.05, 0.1) is 5.88 Å². The van der Waals surface area contributed by atoms with Crippen molar-refractivity contribution in [2.45, 2.75) is 6.92 Å². The Hall–Kier alpha value is -0.970. The Morgan fingerprint density at radius 1 is 1.77 bits per heavy atom. The zero-order chi connectivity index (χ0) is 9.26. The summed E-state index contributed by atoms with van der Waals surface area (Å²) in [7, 11) is 0. The Morgan fingerprint density at radius 3 is 3.15 bits per heavy atom. The molecule has 0 atom stereocenters. The van der Waals surface area contributed by atoms with Crippen molar-refractivity contribution in [3.05, 3.63) is 17.5 Å². The molecule has 2 rings (SSSR count). The molecule has 0 N–H and O–H groups in total. The van der Waals surface area contributed by atoms with Gasteiger partial charge in [-0.2, -0.15) is 0 Å². The van der Waals surface area contributed by atoms with Crippen LogP contribution in [-0.2, 0) is 0 Å². The fraction of sp³-hybridized carbons (Fsp3) is 0.500. The highest BCUT2D eigenvalue weighted by molar-refractivity contribution is 7.99. The summed E-state index contributed by atoms with van der Waals surface area (Å²) in [6.45, 7) is 2.60. The summed E-state index contributed by atoms with van der Waals surface area (Å²) in [5, 5.41) is 3.68. The van der Waals surface area contributed by atoms with Gasteiger partial charge < -0.3 is 9.42 Å². The zero-order valence-electron chi connectivity index (χ0n) is 7.32. The van der Waals surface area contributed by atoms with Gasteiger partial charge in [-0.1, -0.05) is 5.16 Å². The summed E-state index contributed by atoms with van der Waals surface area (Å²) in [6.07, 6.45) is 0. The summed E-state index contributed by atoms with van der Waals surface area (Å²) < 4.78 is 4.84. The fourth-order valence-electron chi connectivity index (χ4n) is 1.20. The van der Waals surface area contributed by atoms with Crippen LogP contribution >= 0.6 is 11.8 Å². The van der Waals surface area contributed by atoms with Crippen molar-refractivity contribution in [1.29, 1.82) is 0 Å². The standard InChI is InChI=1S/C8H10N2O2S/c1-6-4-7(9-12-6)8(11)10-2-3-13-5-10/h4H,2-3,5H2,1H3. The molecule has 4 nitrogen and oxygen atoms in total. The van der Waals surface area contributed by atoms with Gasteiger partial charge in [0.2, 0.25) is 0 Å². The molecule has 70 valence electrons. The zero-order valence-corrected chi connectivity index (χ0v) is 8.13. The molecule has 1 saturated heterocycles. The van der Waals surface area contributed by atoms with E-state index in [0.29, 0.717) is 11.5 Å². The minimum atomic E-state index is -0.0261. The number of carbonyl (C=O) groups is 1. The average Bonchev–Trinajstić information content (AvgIpc) is 2.72. The van der Waals surface area contributed by atoms with E-state index in [-0.39, 0.29) is 5.91 Å². The van der Waals surface area contributed by atoms with Gasteiger partial charge in [-0.25, -0.2) is 0 Å². The van der Waals surface area contributed by atoms with E-state index < -0.39 is 0 Å². The molecule has 1 aliphatic rings. The maximum Gasteiger partial charge on any atom is 0.276 e. The number of nitrogens with zero attached hydrogens (tertiary/aromatic N) is 2. The second-order valence-corrected chi connectivity index (χ2v) is 4.00. The first kappa shape index (κ1) is 8.62. The van der Waals surface area contributed by atoms with Crippen LogP contribution in [0.4, 0.5) is 0 Å². The third kappa shape index (κ3) is 1.70. The molecule has 1 aromatic rings. The molecule has 0 bridgehead atoms. The first-order valence-electron chi connectivity index (χ1n) is 4.08. The molecule has 0 aromatic carbocycles. The normalized spacial score (nSPS) is 16.5. The third-order valence-corrected chi connectivity index (χ3v) is 2.85. The summed E-state index contributed by atoms with van der Waals surface area (Å²) in [6, 6.07) is 1.67. The smallest absolute Gasteiger partial charge is 0.276 e. The molecule has 0 aliphatic carbocycles. The Bertz CT molecular complexity index is 318. The van der Waals surface area contributed by atoms with E-state index in [1.54, 1.807) is 29.7 Å². The van der Waals surface area contributed by atoms with Crippen LogP contribution in [-0.4, -0.2) is 34.1 Å². The maximum atomic E-state index is 11.7. The lowest BCUT2D eigenvalue weighted by atomic mass is 10.3. The number of aromatic nitrogens is 1. The lowest BCUT2D eigenvalue weighted by molar-refractivity contribution is 0.0792. The van der Waals surface area contributed by atoms with Crippen molar-refractivity contribution < 1.29 is 9.32 Å². The highest BCUT2D eigenvalue weighted by atomic mass is 32.2. The van der Waals surface area contributed by atoms with E-state index in [1.165, 1.54) is 0 Å². The van der Waals surface area contributed by atoms with E-state index in [9.17, 15) is 4.79 Å². The van der Waals surface area contributed by atoms with Crippen molar-refractivity contribution in [1.82, 2.24) is 10.1 Å². The largest absolute Gasteiger partial charge is 0.361 e. The van der Waals surface area contributed by atoms with Gasteiger partial charge in [0.25, 0.3) is 5.91 Å². The number of aryl methyl sites for hydroxylation is 1. The average molecular weight is 198 g/mol. The van der Waals surface area contributed by atoms with Crippen molar-refractivity contribution in [2.24, 2.45) is 0 Å². The number of thioether (sulfide) groups is 1. The number of rotatable bonds is 1. The summed E-state index contributed by atoms with van der Waals surface area (Å²) in [5.41, 5.74) is 0.417. The first-order chi connectivity index (χ1) is 6.27. The first-order valence-corrected chi connectivity index (χ1v) is 5.23. The Morgan fingerprint density at radius 2 is 2.62 bits per heavy atom. The van der Waals surface area contributed by atoms with Crippen LogP contribution in [0.25, 0.3) is 0 Å². The van der Waals surface area contributed by atoms with Crippen LogP contribution in [0.15, 0.2) is 10.6 Å².